The number of aliphatic carboxylic acids is 1. The summed E-state index contributed by atoms with van der Waals surface area (Å²) in [6.07, 6.45) is 2.05. The van der Waals surface area contributed by atoms with Gasteiger partial charge < -0.3 is 9.90 Å². The van der Waals surface area contributed by atoms with Crippen LogP contribution in [0.25, 0.3) is 0 Å². The average Bonchev–Trinajstić information content (AvgIpc) is 2.04. The van der Waals surface area contributed by atoms with Crippen LogP contribution in [0.3, 0.4) is 0 Å². The SMILES string of the molecule is O=C([O-])C(F)(F)c1ncc(Br)cn1. The molecule has 0 spiro atoms. The van der Waals surface area contributed by atoms with Gasteiger partial charge in [0.2, 0.25) is 5.82 Å². The first-order chi connectivity index (χ1) is 5.94. The quantitative estimate of drug-likeness (QED) is 0.747. The Hall–Kier alpha value is -1.11. The molecule has 4 nitrogen and oxygen atoms in total. The summed E-state index contributed by atoms with van der Waals surface area (Å²) in [6.45, 7) is 0. The number of hydrogen-bond donors (Lipinski definition) is 0. The van der Waals surface area contributed by atoms with Gasteiger partial charge in [-0.3, -0.25) is 0 Å². The zero-order valence-corrected chi connectivity index (χ0v) is 7.59. The van der Waals surface area contributed by atoms with Crippen LogP contribution >= 0.6 is 15.9 Å². The fourth-order valence-electron chi connectivity index (χ4n) is 0.566. The highest BCUT2D eigenvalue weighted by Crippen LogP contribution is 2.23. The Kier molecular flexibility index (Phi) is 2.55. The third-order valence-electron chi connectivity index (χ3n) is 1.16. The predicted molar refractivity (Wildman–Crippen MR) is 38.6 cm³/mol. The molecule has 0 amide bonds. The molecule has 1 aromatic heterocycles. The van der Waals surface area contributed by atoms with Crippen molar-refractivity contribution in [3.8, 4) is 0 Å². The molecule has 0 saturated carbocycles. The van der Waals surface area contributed by atoms with E-state index in [4.69, 9.17) is 0 Å². The zero-order valence-electron chi connectivity index (χ0n) is 6.00. The molecule has 1 aromatic rings. The minimum Gasteiger partial charge on any atom is -0.544 e. The van der Waals surface area contributed by atoms with Crippen LogP contribution in [0.2, 0.25) is 0 Å². The van der Waals surface area contributed by atoms with Gasteiger partial charge >= 0.3 is 5.92 Å². The third kappa shape index (κ3) is 1.97. The minimum atomic E-state index is -4.15. The van der Waals surface area contributed by atoms with E-state index < -0.39 is 17.7 Å². The number of rotatable bonds is 2. The van der Waals surface area contributed by atoms with E-state index in [1.165, 1.54) is 0 Å². The van der Waals surface area contributed by atoms with Crippen LogP contribution < -0.4 is 5.11 Å². The molecule has 0 N–H and O–H groups in total. The van der Waals surface area contributed by atoms with E-state index in [2.05, 4.69) is 25.9 Å². The second-order valence-corrected chi connectivity index (χ2v) is 3.00. The van der Waals surface area contributed by atoms with Gasteiger partial charge in [0.05, 0.1) is 4.47 Å². The van der Waals surface area contributed by atoms with Gasteiger partial charge in [-0.1, -0.05) is 0 Å². The molecule has 0 atom stereocenters. The molecule has 70 valence electrons. The zero-order chi connectivity index (χ0) is 10.1. The Morgan fingerprint density at radius 1 is 1.46 bits per heavy atom. The molecule has 13 heavy (non-hydrogen) atoms. The predicted octanol–water partition coefficient (Wildman–Crippen LogP) is 0.0808. The normalized spacial score (nSPS) is 11.3. The van der Waals surface area contributed by atoms with Gasteiger partial charge in [-0.05, 0) is 15.9 Å². The highest BCUT2D eigenvalue weighted by Gasteiger charge is 2.36. The van der Waals surface area contributed by atoms with Gasteiger partial charge in [0.25, 0.3) is 0 Å². The number of aromatic nitrogens is 2. The van der Waals surface area contributed by atoms with Crippen molar-refractivity contribution in [2.75, 3.05) is 0 Å². The van der Waals surface area contributed by atoms with E-state index in [1.807, 2.05) is 0 Å². The first-order valence-corrected chi connectivity index (χ1v) is 3.81. The van der Waals surface area contributed by atoms with Crippen LogP contribution in [-0.4, -0.2) is 15.9 Å². The lowest BCUT2D eigenvalue weighted by molar-refractivity contribution is -0.331. The topological polar surface area (TPSA) is 65.9 Å². The second kappa shape index (κ2) is 3.33. The van der Waals surface area contributed by atoms with Gasteiger partial charge in [-0.15, -0.1) is 0 Å². The highest BCUT2D eigenvalue weighted by molar-refractivity contribution is 9.10. The van der Waals surface area contributed by atoms with E-state index >= 15 is 0 Å². The summed E-state index contributed by atoms with van der Waals surface area (Å²) in [4.78, 5) is 16.2. The molecule has 0 bridgehead atoms. The number of carboxylic acids is 1. The Morgan fingerprint density at radius 3 is 2.31 bits per heavy atom. The summed E-state index contributed by atoms with van der Waals surface area (Å²) in [5.41, 5.74) is 0. The number of carbonyl (C=O) groups excluding carboxylic acids is 1. The molecule has 0 aliphatic carbocycles. The summed E-state index contributed by atoms with van der Waals surface area (Å²) < 4.78 is 25.6. The lowest BCUT2D eigenvalue weighted by atomic mass is 10.3. The van der Waals surface area contributed by atoms with Crippen molar-refractivity contribution in [2.45, 2.75) is 5.92 Å². The van der Waals surface area contributed by atoms with E-state index in [-0.39, 0.29) is 0 Å². The first kappa shape index (κ1) is 9.97. The number of nitrogens with zero attached hydrogens (tertiary/aromatic N) is 2. The maximum absolute atomic E-state index is 12.6. The van der Waals surface area contributed by atoms with Gasteiger partial charge in [0.1, 0.15) is 5.97 Å². The molecule has 0 aliphatic rings. The molecule has 0 fully saturated rings. The lowest BCUT2D eigenvalue weighted by Gasteiger charge is -2.14. The van der Waals surface area contributed by atoms with Gasteiger partial charge in [-0.2, -0.15) is 8.78 Å². The number of carboxylic acid groups (broad SMARTS) is 1. The summed E-state index contributed by atoms with van der Waals surface area (Å²) in [5, 5.41) is 9.95. The van der Waals surface area contributed by atoms with Crippen molar-refractivity contribution in [3.05, 3.63) is 22.7 Å². The Labute approximate surface area is 79.8 Å². The molecular formula is C6H2BrF2N2O2-. The maximum atomic E-state index is 12.6. The molecular weight excluding hydrogens is 250 g/mol. The second-order valence-electron chi connectivity index (χ2n) is 2.09. The third-order valence-corrected chi connectivity index (χ3v) is 1.57. The number of hydrogen-bond acceptors (Lipinski definition) is 4. The molecule has 0 unspecified atom stereocenters. The number of halogens is 3. The van der Waals surface area contributed by atoms with Gasteiger partial charge in [0, 0.05) is 12.4 Å². The highest BCUT2D eigenvalue weighted by atomic mass is 79.9. The van der Waals surface area contributed by atoms with E-state index in [0.29, 0.717) is 4.47 Å². The van der Waals surface area contributed by atoms with Crippen molar-refractivity contribution in [3.63, 3.8) is 0 Å². The molecule has 1 rings (SSSR count). The van der Waals surface area contributed by atoms with Crippen LogP contribution in [0.15, 0.2) is 16.9 Å². The van der Waals surface area contributed by atoms with Crippen molar-refractivity contribution in [2.24, 2.45) is 0 Å². The fraction of sp³-hybridized carbons (Fsp3) is 0.167. The Balaban J connectivity index is 3.08. The van der Waals surface area contributed by atoms with Crippen LogP contribution in [0.1, 0.15) is 5.82 Å². The van der Waals surface area contributed by atoms with Crippen LogP contribution in [-0.2, 0) is 10.7 Å². The number of alkyl halides is 2. The summed E-state index contributed by atoms with van der Waals surface area (Å²) in [7, 11) is 0. The monoisotopic (exact) mass is 251 g/mol. The first-order valence-electron chi connectivity index (χ1n) is 3.02. The van der Waals surface area contributed by atoms with Crippen molar-refractivity contribution >= 4 is 21.9 Å². The van der Waals surface area contributed by atoms with E-state index in [9.17, 15) is 18.7 Å². The van der Waals surface area contributed by atoms with Gasteiger partial charge in [0.15, 0.2) is 0 Å². The summed E-state index contributed by atoms with van der Waals surface area (Å²) >= 11 is 2.92. The molecule has 0 aromatic carbocycles. The number of carbonyl (C=O) groups is 1. The van der Waals surface area contributed by atoms with Crippen molar-refractivity contribution in [1.29, 1.82) is 0 Å². The Morgan fingerprint density at radius 2 is 1.92 bits per heavy atom. The van der Waals surface area contributed by atoms with Crippen molar-refractivity contribution in [1.82, 2.24) is 9.97 Å². The molecule has 0 aliphatic heterocycles. The fourth-order valence-corrected chi connectivity index (χ4v) is 0.770. The smallest absolute Gasteiger partial charge is 0.345 e. The van der Waals surface area contributed by atoms with Gasteiger partial charge in [-0.25, -0.2) is 9.97 Å². The lowest BCUT2D eigenvalue weighted by Crippen LogP contribution is -2.40. The average molecular weight is 252 g/mol. The maximum Gasteiger partial charge on any atom is 0.345 e. The van der Waals surface area contributed by atoms with Crippen LogP contribution in [0.4, 0.5) is 8.78 Å². The largest absolute Gasteiger partial charge is 0.544 e. The molecule has 0 saturated heterocycles. The molecule has 7 heteroatoms. The summed E-state index contributed by atoms with van der Waals surface area (Å²) in [5.74, 6) is -7.76. The van der Waals surface area contributed by atoms with Crippen LogP contribution in [0, 0.1) is 0 Å². The standard InChI is InChI=1S/C6H3BrF2N2O2/c7-3-1-10-4(11-2-3)6(8,9)5(12)13/h1-2H,(H,12,13)/p-1. The van der Waals surface area contributed by atoms with Crippen LogP contribution in [0.5, 0.6) is 0 Å². The Bertz CT molecular complexity index is 328. The minimum absolute atomic E-state index is 0.380. The van der Waals surface area contributed by atoms with E-state index in [0.717, 1.165) is 12.4 Å². The summed E-state index contributed by atoms with van der Waals surface area (Å²) in [6, 6.07) is 0. The van der Waals surface area contributed by atoms with E-state index in [1.54, 1.807) is 0 Å². The molecule has 1 heterocycles. The molecule has 0 radical (unpaired) electrons. The van der Waals surface area contributed by atoms with Crippen molar-refractivity contribution < 1.29 is 18.7 Å².